The van der Waals surface area contributed by atoms with Crippen LogP contribution < -0.4 is 4.72 Å². The number of pyridine rings is 1. The first-order valence-corrected chi connectivity index (χ1v) is 12.4. The summed E-state index contributed by atoms with van der Waals surface area (Å²) in [7, 11) is -4.09. The van der Waals surface area contributed by atoms with Gasteiger partial charge in [0.1, 0.15) is 12.1 Å². The number of hydrogen-bond donors (Lipinski definition) is 1. The molecule has 0 amide bonds. The molecule has 3 aromatic rings. The van der Waals surface area contributed by atoms with Crippen LogP contribution in [0.25, 0.3) is 22.0 Å². The van der Waals surface area contributed by atoms with Gasteiger partial charge in [0.2, 0.25) is 10.0 Å². The molecule has 1 atom stereocenters. The second-order valence-corrected chi connectivity index (χ2v) is 11.9. The number of alkyl halides is 3. The Hall–Kier alpha value is -2.90. The van der Waals surface area contributed by atoms with Crippen LogP contribution in [-0.4, -0.2) is 29.4 Å². The molecule has 10 heteroatoms. The number of nitrogens with one attached hydrogen (secondary N) is 1. The molecule has 1 aromatic carbocycles. The zero-order valence-corrected chi connectivity index (χ0v) is 19.8. The lowest BCUT2D eigenvalue weighted by Crippen LogP contribution is -2.39. The number of nitriles is 1. The number of aromatic nitrogens is 2. The average molecular weight is 491 g/mol. The quantitative estimate of drug-likeness (QED) is 0.508. The van der Waals surface area contributed by atoms with Crippen molar-refractivity contribution < 1.29 is 21.6 Å². The summed E-state index contributed by atoms with van der Waals surface area (Å²) >= 11 is 0. The summed E-state index contributed by atoms with van der Waals surface area (Å²) in [4.78, 5) is 3.96. The highest BCUT2D eigenvalue weighted by Crippen LogP contribution is 2.41. The molecule has 4 rings (SSSR count). The van der Waals surface area contributed by atoms with Gasteiger partial charge in [-0.2, -0.15) is 23.2 Å². The Morgan fingerprint density at radius 1 is 1.24 bits per heavy atom. The van der Waals surface area contributed by atoms with Gasteiger partial charge >= 0.3 is 6.18 Å². The van der Waals surface area contributed by atoms with E-state index in [0.29, 0.717) is 47.0 Å². The van der Waals surface area contributed by atoms with E-state index < -0.39 is 27.5 Å². The first-order chi connectivity index (χ1) is 15.8. The molecule has 1 fully saturated rings. The molecule has 1 aliphatic carbocycles. The van der Waals surface area contributed by atoms with Gasteiger partial charge < -0.3 is 4.57 Å². The summed E-state index contributed by atoms with van der Waals surface area (Å²) in [5.41, 5.74) is 1.76. The molecule has 1 N–H and O–H groups in total. The Labute approximate surface area is 196 Å². The maximum Gasteiger partial charge on any atom is 0.408 e. The van der Waals surface area contributed by atoms with Crippen molar-refractivity contribution in [3.05, 3.63) is 54.0 Å². The lowest BCUT2D eigenvalue weighted by molar-refractivity contribution is -0.152. The molecule has 6 nitrogen and oxygen atoms in total. The van der Waals surface area contributed by atoms with Crippen molar-refractivity contribution in [2.24, 2.45) is 5.41 Å². The summed E-state index contributed by atoms with van der Waals surface area (Å²) in [6, 6.07) is 6.35. The normalized spacial score (nSPS) is 15.9. The summed E-state index contributed by atoms with van der Waals surface area (Å²) in [5, 5.41) is 8.97. The van der Waals surface area contributed by atoms with Crippen LogP contribution >= 0.6 is 0 Å². The van der Waals surface area contributed by atoms with Crippen LogP contribution in [0.2, 0.25) is 0 Å². The lowest BCUT2D eigenvalue weighted by Gasteiger charge is -2.22. The second-order valence-electron chi connectivity index (χ2n) is 9.87. The van der Waals surface area contributed by atoms with Crippen LogP contribution in [-0.2, 0) is 16.6 Å². The highest BCUT2D eigenvalue weighted by molar-refractivity contribution is 7.90. The van der Waals surface area contributed by atoms with E-state index in [1.807, 2.05) is 25.5 Å². The number of nitrogens with zero attached hydrogens (tertiary/aromatic N) is 3. The lowest BCUT2D eigenvalue weighted by atomic mass is 9.96. The van der Waals surface area contributed by atoms with E-state index in [9.17, 15) is 26.9 Å². The van der Waals surface area contributed by atoms with Gasteiger partial charge in [-0.1, -0.05) is 32.9 Å². The summed E-state index contributed by atoms with van der Waals surface area (Å²) in [5.74, 6) is 0. The third-order valence-electron chi connectivity index (χ3n) is 5.69. The Balaban J connectivity index is 1.90. The van der Waals surface area contributed by atoms with Gasteiger partial charge in [0.25, 0.3) is 0 Å². The van der Waals surface area contributed by atoms with Crippen LogP contribution in [0, 0.1) is 16.7 Å². The highest BCUT2D eigenvalue weighted by Gasteiger charge is 2.47. The number of fused-ring (bicyclic) bond motifs is 1. The molecule has 2 aromatic heterocycles. The Kier molecular flexibility index (Phi) is 5.98. The van der Waals surface area contributed by atoms with E-state index in [0.717, 1.165) is 0 Å². The molecule has 0 unspecified atom stereocenters. The SMILES string of the molecule is CC(C)(C)Cn1cc([C@H](NS(=O)(=O)C2CC2)C(F)(F)F)c2ccc(-c3ccncc3C#N)cc21. The molecule has 0 radical (unpaired) electrons. The fraction of sp³-hybridized carbons (Fsp3) is 0.417. The molecule has 0 bridgehead atoms. The fourth-order valence-electron chi connectivity index (χ4n) is 4.04. The number of hydrogen-bond acceptors (Lipinski definition) is 4. The largest absolute Gasteiger partial charge is 0.408 e. The smallest absolute Gasteiger partial charge is 0.347 e. The van der Waals surface area contributed by atoms with Crippen molar-refractivity contribution in [1.29, 1.82) is 5.26 Å². The van der Waals surface area contributed by atoms with Crippen molar-refractivity contribution >= 4 is 20.9 Å². The predicted molar refractivity (Wildman–Crippen MR) is 123 cm³/mol. The minimum absolute atomic E-state index is 0.141. The number of sulfonamides is 1. The molecule has 2 heterocycles. The molecule has 0 saturated heterocycles. The maximum atomic E-state index is 14.2. The van der Waals surface area contributed by atoms with Crippen molar-refractivity contribution in [2.45, 2.75) is 57.6 Å². The molecule has 0 aliphatic heterocycles. The van der Waals surface area contributed by atoms with Crippen molar-refractivity contribution in [1.82, 2.24) is 14.3 Å². The summed E-state index contributed by atoms with van der Waals surface area (Å²) < 4.78 is 71.0. The third kappa shape index (κ3) is 4.95. The van der Waals surface area contributed by atoms with Crippen LogP contribution in [0.4, 0.5) is 13.2 Å². The van der Waals surface area contributed by atoms with Crippen molar-refractivity contribution in [3.8, 4) is 17.2 Å². The van der Waals surface area contributed by atoms with Crippen LogP contribution in [0.1, 0.15) is 50.8 Å². The fourth-order valence-corrected chi connectivity index (χ4v) is 5.58. The van der Waals surface area contributed by atoms with Gasteiger partial charge in [0.05, 0.1) is 10.8 Å². The van der Waals surface area contributed by atoms with Gasteiger partial charge in [-0.05, 0) is 36.0 Å². The zero-order valence-electron chi connectivity index (χ0n) is 19.0. The number of halogens is 3. The van der Waals surface area contributed by atoms with E-state index in [-0.39, 0.29) is 11.0 Å². The number of rotatable bonds is 6. The third-order valence-corrected chi connectivity index (χ3v) is 7.61. The predicted octanol–water partition coefficient (Wildman–Crippen LogP) is 5.31. The summed E-state index contributed by atoms with van der Waals surface area (Å²) in [6.07, 6.45) is 0.286. The Bertz CT molecular complexity index is 1380. The average Bonchev–Trinajstić information content (AvgIpc) is 3.55. The first-order valence-electron chi connectivity index (χ1n) is 10.9. The second kappa shape index (κ2) is 8.40. The maximum absolute atomic E-state index is 14.2. The number of benzene rings is 1. The molecule has 1 aliphatic rings. The van der Waals surface area contributed by atoms with Crippen molar-refractivity contribution in [2.75, 3.05) is 0 Å². The molecular weight excluding hydrogens is 465 g/mol. The van der Waals surface area contributed by atoms with Crippen molar-refractivity contribution in [3.63, 3.8) is 0 Å². The molecule has 1 saturated carbocycles. The monoisotopic (exact) mass is 490 g/mol. The highest BCUT2D eigenvalue weighted by atomic mass is 32.2. The first kappa shape index (κ1) is 24.2. The van der Waals surface area contributed by atoms with Crippen LogP contribution in [0.15, 0.2) is 42.9 Å². The zero-order chi connectivity index (χ0) is 24.9. The van der Waals surface area contributed by atoms with E-state index in [4.69, 9.17) is 0 Å². The van der Waals surface area contributed by atoms with Gasteiger partial charge in [0.15, 0.2) is 0 Å². The van der Waals surface area contributed by atoms with E-state index in [2.05, 4.69) is 11.1 Å². The molecular formula is C24H25F3N4O2S. The molecule has 180 valence electrons. The van der Waals surface area contributed by atoms with Gasteiger partial charge in [-0.15, -0.1) is 0 Å². The molecule has 34 heavy (non-hydrogen) atoms. The van der Waals surface area contributed by atoms with Crippen LogP contribution in [0.3, 0.4) is 0 Å². The minimum Gasteiger partial charge on any atom is -0.347 e. The topological polar surface area (TPSA) is 87.8 Å². The molecule has 0 spiro atoms. The minimum atomic E-state index is -4.82. The van der Waals surface area contributed by atoms with Gasteiger partial charge in [-0.25, -0.2) is 8.42 Å². The Morgan fingerprint density at radius 3 is 2.53 bits per heavy atom. The van der Waals surface area contributed by atoms with E-state index in [1.54, 1.807) is 35.0 Å². The van der Waals surface area contributed by atoms with E-state index >= 15 is 0 Å². The van der Waals surface area contributed by atoms with Crippen LogP contribution in [0.5, 0.6) is 0 Å². The van der Waals surface area contributed by atoms with E-state index in [1.165, 1.54) is 12.4 Å². The standard InChI is InChI=1S/C24H25F3N4O2S/c1-23(2,3)14-31-13-20(22(24(25,26)27)30-34(32,33)17-5-6-17)19-7-4-15(10-21(19)31)18-8-9-29-12-16(18)11-28/h4,7-10,12-13,17,22,30H,5-6,14H2,1-3H3/t22-/m0/s1. The van der Waals surface area contributed by atoms with Gasteiger partial charge in [-0.3, -0.25) is 4.98 Å². The summed E-state index contributed by atoms with van der Waals surface area (Å²) in [6.45, 7) is 6.32. The van der Waals surface area contributed by atoms with Gasteiger partial charge in [0, 0.05) is 47.2 Å². The Morgan fingerprint density at radius 2 is 1.94 bits per heavy atom.